The van der Waals surface area contributed by atoms with Crippen LogP contribution in [0.15, 0.2) is 52.3 Å². The normalized spacial score (nSPS) is 18.1. The highest BCUT2D eigenvalue weighted by Gasteiger charge is 2.42. The average Bonchev–Trinajstić information content (AvgIpc) is 3.32. The summed E-state index contributed by atoms with van der Waals surface area (Å²) in [5, 5.41) is 0. The van der Waals surface area contributed by atoms with Crippen molar-refractivity contribution in [3.8, 4) is 17.1 Å². The van der Waals surface area contributed by atoms with E-state index in [1.54, 1.807) is 6.92 Å². The molecule has 3 heterocycles. The van der Waals surface area contributed by atoms with E-state index in [4.69, 9.17) is 4.74 Å². The second kappa shape index (κ2) is 11.2. The summed E-state index contributed by atoms with van der Waals surface area (Å²) in [6.45, 7) is 1.22. The largest absolute Gasteiger partial charge is 0.472 e. The van der Waals surface area contributed by atoms with Gasteiger partial charge in [0.15, 0.2) is 0 Å². The first-order chi connectivity index (χ1) is 20.5. The van der Waals surface area contributed by atoms with Crippen LogP contribution >= 0.6 is 0 Å². The zero-order valence-electron chi connectivity index (χ0n) is 23.2. The quantitative estimate of drug-likeness (QED) is 0.228. The van der Waals surface area contributed by atoms with Gasteiger partial charge in [-0.25, -0.2) is 17.4 Å². The molecular weight excluding hydrogens is 621 g/mol. The molecule has 0 radical (unpaired) electrons. The number of nitrogens with zero attached hydrogens (tertiary/aromatic N) is 4. The molecule has 44 heavy (non-hydrogen) atoms. The van der Waals surface area contributed by atoms with E-state index in [-0.39, 0.29) is 46.5 Å². The van der Waals surface area contributed by atoms with Crippen LogP contribution in [0.3, 0.4) is 0 Å². The lowest BCUT2D eigenvalue weighted by molar-refractivity contribution is -0.185. The molecule has 0 atom stereocenters. The molecule has 0 unspecified atom stereocenters. The van der Waals surface area contributed by atoms with Gasteiger partial charge >= 0.3 is 12.4 Å². The third kappa shape index (κ3) is 6.16. The van der Waals surface area contributed by atoms with Gasteiger partial charge in [0.1, 0.15) is 24.2 Å². The smallest absolute Gasteiger partial charge is 0.406 e. The van der Waals surface area contributed by atoms with Gasteiger partial charge in [-0.3, -0.25) is 9.36 Å². The Hall–Kier alpha value is -3.95. The fraction of sp³-hybridized carbons (Fsp3) is 0.393. The van der Waals surface area contributed by atoms with E-state index in [0.29, 0.717) is 3.97 Å². The molecule has 1 aromatic carbocycles. The van der Waals surface area contributed by atoms with E-state index < -0.39 is 75.0 Å². The maximum absolute atomic E-state index is 16.0. The Morgan fingerprint density at radius 2 is 1.57 bits per heavy atom. The molecule has 5 rings (SSSR count). The maximum Gasteiger partial charge on any atom is 0.406 e. The summed E-state index contributed by atoms with van der Waals surface area (Å²) in [4.78, 5) is 20.4. The number of alkyl halides is 6. The van der Waals surface area contributed by atoms with Crippen LogP contribution in [0.4, 0.5) is 30.7 Å². The van der Waals surface area contributed by atoms with Gasteiger partial charge in [-0.15, -0.1) is 0 Å². The number of ether oxygens (including phenoxy) is 1. The van der Waals surface area contributed by atoms with Crippen molar-refractivity contribution in [3.63, 3.8) is 0 Å². The van der Waals surface area contributed by atoms with Crippen molar-refractivity contribution in [1.82, 2.24) is 18.5 Å². The molecule has 1 fully saturated rings. The summed E-state index contributed by atoms with van der Waals surface area (Å²) in [6, 6.07) is 7.39. The SMILES string of the molecule is Cc1ccc(S(=O)(=O)n2cc(-c3nc(C)nc(OC4CCC(C(F)(F)F)CC4)c3F)c3c2ccc(=O)n3CC(F)(F)F)cc1. The lowest BCUT2D eigenvalue weighted by Crippen LogP contribution is -2.32. The van der Waals surface area contributed by atoms with Gasteiger partial charge in [0.05, 0.1) is 21.8 Å². The second-order valence-corrected chi connectivity index (χ2v) is 12.5. The van der Waals surface area contributed by atoms with Gasteiger partial charge in [-0.1, -0.05) is 17.7 Å². The van der Waals surface area contributed by atoms with Crippen LogP contribution in [0.5, 0.6) is 5.88 Å². The summed E-state index contributed by atoms with van der Waals surface area (Å²) in [7, 11) is -4.48. The Bertz CT molecular complexity index is 1870. The first-order valence-corrected chi connectivity index (χ1v) is 14.8. The third-order valence-corrected chi connectivity index (χ3v) is 9.11. The molecule has 236 valence electrons. The highest BCUT2D eigenvalue weighted by atomic mass is 32.2. The van der Waals surface area contributed by atoms with Crippen molar-refractivity contribution in [1.29, 1.82) is 0 Å². The minimum Gasteiger partial charge on any atom is -0.472 e. The molecule has 0 bridgehead atoms. The van der Waals surface area contributed by atoms with Crippen LogP contribution in [-0.4, -0.2) is 45.4 Å². The lowest BCUT2D eigenvalue weighted by atomic mass is 9.87. The van der Waals surface area contributed by atoms with E-state index in [2.05, 4.69) is 9.97 Å². The van der Waals surface area contributed by atoms with E-state index >= 15 is 4.39 Å². The van der Waals surface area contributed by atoms with Crippen LogP contribution in [0.1, 0.15) is 37.1 Å². The molecule has 0 N–H and O–H groups in total. The minimum atomic E-state index is -4.92. The van der Waals surface area contributed by atoms with Gasteiger partial charge in [0.25, 0.3) is 21.5 Å². The molecule has 16 heteroatoms. The summed E-state index contributed by atoms with van der Waals surface area (Å²) < 4.78 is 130. The summed E-state index contributed by atoms with van der Waals surface area (Å²) in [6.07, 6.45) is -9.87. The van der Waals surface area contributed by atoms with E-state index in [1.807, 2.05) is 0 Å². The van der Waals surface area contributed by atoms with Crippen molar-refractivity contribution in [2.24, 2.45) is 5.92 Å². The van der Waals surface area contributed by atoms with Crippen LogP contribution in [-0.2, 0) is 16.6 Å². The summed E-state index contributed by atoms with van der Waals surface area (Å²) in [5.41, 5.74) is -2.43. The van der Waals surface area contributed by atoms with Crippen LogP contribution in [0, 0.1) is 25.6 Å². The summed E-state index contributed by atoms with van der Waals surface area (Å²) >= 11 is 0. The number of hydrogen-bond acceptors (Lipinski definition) is 6. The van der Waals surface area contributed by atoms with Crippen molar-refractivity contribution in [3.05, 3.63) is 70.2 Å². The minimum absolute atomic E-state index is 0.0543. The zero-order valence-corrected chi connectivity index (χ0v) is 24.0. The van der Waals surface area contributed by atoms with E-state index in [1.165, 1.54) is 31.2 Å². The molecule has 0 saturated heterocycles. The van der Waals surface area contributed by atoms with Crippen molar-refractivity contribution >= 4 is 21.1 Å². The van der Waals surface area contributed by atoms with Crippen LogP contribution in [0.2, 0.25) is 0 Å². The first-order valence-electron chi connectivity index (χ1n) is 13.4. The predicted octanol–water partition coefficient (Wildman–Crippen LogP) is 6.32. The van der Waals surface area contributed by atoms with Crippen LogP contribution < -0.4 is 10.3 Å². The Labute approximate surface area is 246 Å². The van der Waals surface area contributed by atoms with Crippen molar-refractivity contribution in [2.75, 3.05) is 0 Å². The van der Waals surface area contributed by atoms with Crippen molar-refractivity contribution < 1.29 is 43.9 Å². The number of halogens is 7. The van der Waals surface area contributed by atoms with E-state index in [0.717, 1.165) is 23.9 Å². The number of aromatic nitrogens is 4. The lowest BCUT2D eigenvalue weighted by Gasteiger charge is -2.30. The maximum atomic E-state index is 16.0. The van der Waals surface area contributed by atoms with Crippen LogP contribution in [0.25, 0.3) is 22.3 Å². The molecule has 4 aromatic rings. The van der Waals surface area contributed by atoms with E-state index in [9.17, 15) is 39.6 Å². The average molecular weight is 647 g/mol. The molecule has 1 saturated carbocycles. The molecule has 0 amide bonds. The van der Waals surface area contributed by atoms with Gasteiger partial charge in [-0.05, 0) is 57.7 Å². The molecule has 3 aromatic heterocycles. The van der Waals surface area contributed by atoms with Gasteiger partial charge in [-0.2, -0.15) is 35.7 Å². The monoisotopic (exact) mass is 646 g/mol. The highest BCUT2D eigenvalue weighted by molar-refractivity contribution is 7.90. The number of fused-ring (bicyclic) bond motifs is 1. The number of aryl methyl sites for hydroxylation is 2. The molecule has 0 spiro atoms. The molecule has 1 aliphatic carbocycles. The fourth-order valence-corrected chi connectivity index (χ4v) is 6.62. The molecule has 0 aliphatic heterocycles. The molecule has 1 aliphatic rings. The Balaban J connectivity index is 1.68. The Kier molecular flexibility index (Phi) is 8.01. The first kappa shape index (κ1) is 31.5. The molecule has 8 nitrogen and oxygen atoms in total. The number of hydrogen-bond donors (Lipinski definition) is 0. The fourth-order valence-electron chi connectivity index (χ4n) is 5.26. The molecular formula is C28H25F7N4O4S. The number of benzene rings is 1. The Morgan fingerprint density at radius 3 is 2.16 bits per heavy atom. The van der Waals surface area contributed by atoms with Crippen molar-refractivity contribution in [2.45, 2.75) is 69.4 Å². The topological polar surface area (TPSA) is 96.1 Å². The highest BCUT2D eigenvalue weighted by Crippen LogP contribution is 2.40. The third-order valence-electron chi connectivity index (χ3n) is 7.42. The zero-order chi connectivity index (χ0) is 32.2. The van der Waals surface area contributed by atoms with Gasteiger partial charge in [0, 0.05) is 17.8 Å². The standard InChI is InChI=1S/C28H25F7N4O4S/c1-15-3-9-19(10-4-15)44(41,42)39-13-20(25-21(39)11-12-22(40)38(25)14-27(30,31)32)24-23(29)26(37-16(2)36-24)43-18-7-5-17(6-8-18)28(33,34)35/h3-4,9-13,17-18H,5-8,14H2,1-2H3. The predicted molar refractivity (Wildman–Crippen MR) is 144 cm³/mol. The van der Waals surface area contributed by atoms with Gasteiger partial charge < -0.3 is 4.74 Å². The number of rotatable bonds is 6. The summed E-state index contributed by atoms with van der Waals surface area (Å²) in [5.74, 6) is -3.59. The van der Waals surface area contributed by atoms with Gasteiger partial charge in [0.2, 0.25) is 5.82 Å². The second-order valence-electron chi connectivity index (χ2n) is 10.6. The number of pyridine rings is 1. The Morgan fingerprint density at radius 1 is 0.932 bits per heavy atom.